The van der Waals surface area contributed by atoms with Crippen LogP contribution in [0.25, 0.3) is 0 Å². The van der Waals surface area contributed by atoms with Gasteiger partial charge >= 0.3 is 0 Å². The first-order valence-corrected chi connectivity index (χ1v) is 10.2. The van der Waals surface area contributed by atoms with E-state index in [-0.39, 0.29) is 17.2 Å². The molecule has 1 aliphatic rings. The maximum absolute atomic E-state index is 11.8. The number of hydrogen-bond donors (Lipinski definition) is 1. The van der Waals surface area contributed by atoms with E-state index in [1.807, 2.05) is 0 Å². The van der Waals surface area contributed by atoms with Gasteiger partial charge in [0.2, 0.25) is 10.0 Å². The number of hydrogen-bond acceptors (Lipinski definition) is 4. The lowest BCUT2D eigenvalue weighted by molar-refractivity contribution is 0.514. The monoisotopic (exact) mass is 317 g/mol. The van der Waals surface area contributed by atoms with Gasteiger partial charge < -0.3 is 0 Å². The molecule has 0 bridgehead atoms. The number of rotatable bonds is 5. The fourth-order valence-electron chi connectivity index (χ4n) is 1.95. The van der Waals surface area contributed by atoms with E-state index in [0.29, 0.717) is 6.42 Å². The molecule has 0 radical (unpaired) electrons. The molecule has 1 rings (SSSR count). The predicted octanol–water partition coefficient (Wildman–Crippen LogP) is 0.890. The second kappa shape index (κ2) is 6.54. The van der Waals surface area contributed by atoms with E-state index < -0.39 is 25.6 Å². The first-order valence-electron chi connectivity index (χ1n) is 6.01. The summed E-state index contributed by atoms with van der Waals surface area (Å²) < 4.78 is 48.0. The third kappa shape index (κ3) is 6.36. The van der Waals surface area contributed by atoms with E-state index in [4.69, 9.17) is 11.6 Å². The van der Waals surface area contributed by atoms with Crippen molar-refractivity contribution in [3.05, 3.63) is 0 Å². The molecule has 0 amide bonds. The van der Waals surface area contributed by atoms with E-state index in [0.717, 1.165) is 31.9 Å². The Bertz CT molecular complexity index is 460. The molecule has 18 heavy (non-hydrogen) atoms. The van der Waals surface area contributed by atoms with Crippen LogP contribution in [-0.2, 0) is 19.9 Å². The molecule has 2 atom stereocenters. The summed E-state index contributed by atoms with van der Waals surface area (Å²) in [4.78, 5) is 0. The number of alkyl halides is 1. The molecular formula is C10H20ClNO4S2. The number of halogens is 1. The lowest BCUT2D eigenvalue weighted by Crippen LogP contribution is -2.42. The smallest absolute Gasteiger partial charge is 0.212 e. The Morgan fingerprint density at radius 1 is 1.06 bits per heavy atom. The third-order valence-corrected chi connectivity index (χ3v) is 6.12. The zero-order valence-electron chi connectivity index (χ0n) is 10.4. The number of nitrogens with one attached hydrogen (secondary N) is 1. The zero-order chi connectivity index (χ0) is 13.8. The van der Waals surface area contributed by atoms with Crippen molar-refractivity contribution in [3.63, 3.8) is 0 Å². The summed E-state index contributed by atoms with van der Waals surface area (Å²) in [5.41, 5.74) is 0. The van der Waals surface area contributed by atoms with Crippen molar-refractivity contribution in [2.75, 3.05) is 17.8 Å². The van der Waals surface area contributed by atoms with Gasteiger partial charge in [-0.15, -0.1) is 11.6 Å². The van der Waals surface area contributed by atoms with Crippen molar-refractivity contribution in [1.29, 1.82) is 0 Å². The highest BCUT2D eigenvalue weighted by Gasteiger charge is 2.26. The van der Waals surface area contributed by atoms with Crippen molar-refractivity contribution in [2.24, 2.45) is 0 Å². The number of sulfonamides is 1. The molecule has 0 aromatic rings. The van der Waals surface area contributed by atoms with Gasteiger partial charge in [-0.05, 0) is 12.8 Å². The summed E-state index contributed by atoms with van der Waals surface area (Å²) in [5, 5.41) is -0.208. The molecule has 0 aliphatic heterocycles. The lowest BCUT2D eigenvalue weighted by Gasteiger charge is -2.20. The Labute approximate surface area is 114 Å². The van der Waals surface area contributed by atoms with E-state index in [1.54, 1.807) is 0 Å². The minimum atomic E-state index is -3.58. The molecule has 0 aromatic carbocycles. The average molecular weight is 318 g/mol. The van der Waals surface area contributed by atoms with Gasteiger partial charge in [-0.25, -0.2) is 21.6 Å². The Kier molecular flexibility index (Phi) is 5.89. The standard InChI is InChI=1S/C10H20ClNO4S2/c1-17(13,14)7-8-18(15,16)12-10-6-4-2-3-5-9(10)11/h9-10,12H,2-8H2,1H3. The fourth-order valence-corrected chi connectivity index (χ4v) is 5.31. The molecule has 108 valence electrons. The van der Waals surface area contributed by atoms with E-state index >= 15 is 0 Å². The second-order valence-corrected chi connectivity index (χ2v) is 9.52. The van der Waals surface area contributed by atoms with Crippen LogP contribution in [0.3, 0.4) is 0 Å². The third-order valence-electron chi connectivity index (χ3n) is 2.99. The molecule has 5 nitrogen and oxygen atoms in total. The summed E-state index contributed by atoms with van der Waals surface area (Å²) in [5.74, 6) is -0.756. The molecule has 0 spiro atoms. The second-order valence-electron chi connectivity index (χ2n) is 4.83. The normalized spacial score (nSPS) is 26.8. The molecule has 1 fully saturated rings. The quantitative estimate of drug-likeness (QED) is 0.603. The van der Waals surface area contributed by atoms with Crippen molar-refractivity contribution < 1.29 is 16.8 Å². The molecule has 0 saturated heterocycles. The maximum atomic E-state index is 11.8. The lowest BCUT2D eigenvalue weighted by atomic mass is 10.1. The highest BCUT2D eigenvalue weighted by Crippen LogP contribution is 2.22. The summed E-state index contributed by atoms with van der Waals surface area (Å²) in [6.07, 6.45) is 5.55. The molecule has 2 unspecified atom stereocenters. The molecule has 1 saturated carbocycles. The summed E-state index contributed by atoms with van der Waals surface area (Å²) in [6.45, 7) is 0. The molecule has 0 heterocycles. The Hall–Kier alpha value is 0.150. The van der Waals surface area contributed by atoms with Crippen molar-refractivity contribution in [1.82, 2.24) is 4.72 Å². The van der Waals surface area contributed by atoms with E-state index in [2.05, 4.69) is 4.72 Å². The SMILES string of the molecule is CS(=O)(=O)CCS(=O)(=O)NC1CCCCCC1Cl. The first kappa shape index (κ1) is 16.2. The number of sulfone groups is 1. The van der Waals surface area contributed by atoms with Gasteiger partial charge in [0.25, 0.3) is 0 Å². The Morgan fingerprint density at radius 2 is 1.67 bits per heavy atom. The van der Waals surface area contributed by atoms with Gasteiger partial charge in [0.15, 0.2) is 0 Å². The summed E-state index contributed by atoms with van der Waals surface area (Å²) in [7, 11) is -6.85. The van der Waals surface area contributed by atoms with Crippen molar-refractivity contribution in [2.45, 2.75) is 43.5 Å². The molecule has 1 N–H and O–H groups in total. The van der Waals surface area contributed by atoms with Crippen molar-refractivity contribution >= 4 is 31.5 Å². The van der Waals surface area contributed by atoms with Gasteiger partial charge in [0.05, 0.1) is 11.5 Å². The van der Waals surface area contributed by atoms with Crippen LogP contribution in [0, 0.1) is 0 Å². The van der Waals surface area contributed by atoms with E-state index in [1.165, 1.54) is 0 Å². The van der Waals surface area contributed by atoms with Crippen LogP contribution in [0.4, 0.5) is 0 Å². The minimum absolute atomic E-state index is 0.208. The van der Waals surface area contributed by atoms with Crippen LogP contribution in [0.5, 0.6) is 0 Å². The maximum Gasteiger partial charge on any atom is 0.212 e. The van der Waals surface area contributed by atoms with Gasteiger partial charge in [0.1, 0.15) is 9.84 Å². The highest BCUT2D eigenvalue weighted by molar-refractivity contribution is 7.93. The van der Waals surface area contributed by atoms with Crippen LogP contribution in [0.2, 0.25) is 0 Å². The largest absolute Gasteiger partial charge is 0.229 e. The van der Waals surface area contributed by atoms with Gasteiger partial charge in [-0.1, -0.05) is 19.3 Å². The zero-order valence-corrected chi connectivity index (χ0v) is 12.8. The van der Waals surface area contributed by atoms with Crippen LogP contribution in [0.15, 0.2) is 0 Å². The molecule has 0 aromatic heterocycles. The predicted molar refractivity (Wildman–Crippen MR) is 73.1 cm³/mol. The summed E-state index contributed by atoms with van der Waals surface area (Å²) >= 11 is 6.14. The van der Waals surface area contributed by atoms with Gasteiger partial charge in [-0.2, -0.15) is 0 Å². The average Bonchev–Trinajstić information content (AvgIpc) is 2.41. The van der Waals surface area contributed by atoms with Gasteiger partial charge in [-0.3, -0.25) is 0 Å². The Morgan fingerprint density at radius 3 is 2.28 bits per heavy atom. The first-order chi connectivity index (χ1) is 8.20. The molecule has 8 heteroatoms. The van der Waals surface area contributed by atoms with Crippen LogP contribution in [-0.4, -0.2) is 46.0 Å². The fraction of sp³-hybridized carbons (Fsp3) is 1.00. The summed E-state index contributed by atoms with van der Waals surface area (Å²) in [6, 6.07) is -0.279. The molecular weight excluding hydrogens is 298 g/mol. The van der Waals surface area contributed by atoms with Gasteiger partial charge in [0, 0.05) is 17.7 Å². The van der Waals surface area contributed by atoms with Crippen LogP contribution >= 0.6 is 11.6 Å². The Balaban J connectivity index is 2.58. The minimum Gasteiger partial charge on any atom is -0.229 e. The van der Waals surface area contributed by atoms with Crippen LogP contribution < -0.4 is 4.72 Å². The topological polar surface area (TPSA) is 80.3 Å². The van der Waals surface area contributed by atoms with Crippen molar-refractivity contribution in [3.8, 4) is 0 Å². The van der Waals surface area contributed by atoms with E-state index in [9.17, 15) is 16.8 Å². The molecule has 1 aliphatic carbocycles. The van der Waals surface area contributed by atoms with Crippen LogP contribution in [0.1, 0.15) is 32.1 Å². The highest BCUT2D eigenvalue weighted by atomic mass is 35.5.